The number of benzene rings is 1. The highest BCUT2D eigenvalue weighted by Gasteiger charge is 2.15. The van der Waals surface area contributed by atoms with E-state index in [1.807, 2.05) is 24.3 Å². The molecule has 0 radical (unpaired) electrons. The molecule has 0 saturated carbocycles. The highest BCUT2D eigenvalue weighted by Crippen LogP contribution is 2.11. The Labute approximate surface area is 120 Å². The van der Waals surface area contributed by atoms with Crippen LogP contribution in [0.15, 0.2) is 24.3 Å². The van der Waals surface area contributed by atoms with E-state index in [0.29, 0.717) is 6.42 Å². The van der Waals surface area contributed by atoms with Gasteiger partial charge < -0.3 is 15.4 Å². The molecule has 2 N–H and O–H groups in total. The van der Waals surface area contributed by atoms with E-state index in [1.54, 1.807) is 7.11 Å². The van der Waals surface area contributed by atoms with Crippen LogP contribution in [0.25, 0.3) is 0 Å². The van der Waals surface area contributed by atoms with Crippen LogP contribution in [-0.4, -0.2) is 32.1 Å². The Hall–Kier alpha value is -1.26. The van der Waals surface area contributed by atoms with Gasteiger partial charge in [0.25, 0.3) is 0 Å². The lowest BCUT2D eigenvalue weighted by Gasteiger charge is -2.23. The van der Waals surface area contributed by atoms with E-state index in [-0.39, 0.29) is 24.4 Å². The fourth-order valence-corrected chi connectivity index (χ4v) is 2.18. The fourth-order valence-electron chi connectivity index (χ4n) is 2.18. The highest BCUT2D eigenvalue weighted by atomic mass is 35.5. The van der Waals surface area contributed by atoms with Crippen LogP contribution in [0.5, 0.6) is 5.75 Å². The Bertz CT molecular complexity index is 389. The van der Waals surface area contributed by atoms with Crippen LogP contribution in [-0.2, 0) is 11.2 Å². The van der Waals surface area contributed by atoms with Crippen molar-refractivity contribution in [3.05, 3.63) is 29.8 Å². The van der Waals surface area contributed by atoms with Gasteiger partial charge in [-0.2, -0.15) is 0 Å². The third-order valence-corrected chi connectivity index (χ3v) is 3.19. The van der Waals surface area contributed by atoms with E-state index >= 15 is 0 Å². The summed E-state index contributed by atoms with van der Waals surface area (Å²) in [6.07, 6.45) is 2.63. The molecule has 0 bridgehead atoms. The monoisotopic (exact) mass is 284 g/mol. The zero-order valence-electron chi connectivity index (χ0n) is 11.1. The molecule has 1 amide bonds. The van der Waals surface area contributed by atoms with Crippen LogP contribution in [0, 0.1) is 0 Å². The van der Waals surface area contributed by atoms with Crippen molar-refractivity contribution in [2.75, 3.05) is 20.2 Å². The summed E-state index contributed by atoms with van der Waals surface area (Å²) in [7, 11) is 1.64. The van der Waals surface area contributed by atoms with Gasteiger partial charge in [-0.1, -0.05) is 12.1 Å². The van der Waals surface area contributed by atoms with Gasteiger partial charge in [-0.05, 0) is 37.1 Å². The SMILES string of the molecule is COc1ccc(CC(=O)N[C@@H]2CCCNC2)cc1.Cl. The summed E-state index contributed by atoms with van der Waals surface area (Å²) in [4.78, 5) is 11.9. The zero-order chi connectivity index (χ0) is 12.8. The van der Waals surface area contributed by atoms with Gasteiger partial charge in [0, 0.05) is 12.6 Å². The number of carbonyl (C=O) groups excluding carboxylic acids is 1. The van der Waals surface area contributed by atoms with Crippen molar-refractivity contribution in [1.82, 2.24) is 10.6 Å². The third-order valence-electron chi connectivity index (χ3n) is 3.19. The summed E-state index contributed by atoms with van der Waals surface area (Å²) in [6, 6.07) is 7.90. The molecule has 1 fully saturated rings. The lowest BCUT2D eigenvalue weighted by molar-refractivity contribution is -0.121. The van der Waals surface area contributed by atoms with Gasteiger partial charge in [0.2, 0.25) is 5.91 Å². The third kappa shape index (κ3) is 5.09. The van der Waals surface area contributed by atoms with Crippen molar-refractivity contribution in [3.63, 3.8) is 0 Å². The zero-order valence-corrected chi connectivity index (χ0v) is 12.0. The average Bonchev–Trinajstić information content (AvgIpc) is 2.40. The number of piperidine rings is 1. The van der Waals surface area contributed by atoms with Gasteiger partial charge in [0.15, 0.2) is 0 Å². The van der Waals surface area contributed by atoms with Crippen LogP contribution in [0.1, 0.15) is 18.4 Å². The summed E-state index contributed by atoms with van der Waals surface area (Å²) in [5, 5.41) is 6.35. The van der Waals surface area contributed by atoms with E-state index in [4.69, 9.17) is 4.74 Å². The number of hydrogen-bond acceptors (Lipinski definition) is 3. The van der Waals surface area contributed by atoms with Crippen LogP contribution in [0.3, 0.4) is 0 Å². The minimum atomic E-state index is 0. The lowest BCUT2D eigenvalue weighted by atomic mass is 10.1. The maximum atomic E-state index is 11.9. The molecule has 1 saturated heterocycles. The molecular weight excluding hydrogens is 264 g/mol. The van der Waals surface area contributed by atoms with Crippen molar-refractivity contribution in [1.29, 1.82) is 0 Å². The van der Waals surface area contributed by atoms with E-state index in [1.165, 1.54) is 0 Å². The standard InChI is InChI=1S/C14H20N2O2.ClH/c1-18-13-6-4-11(5-7-13)9-14(17)16-12-3-2-8-15-10-12;/h4-7,12,15H,2-3,8-10H2,1H3,(H,16,17);1H/t12-;/m1./s1. The van der Waals surface area contributed by atoms with E-state index < -0.39 is 0 Å². The molecule has 19 heavy (non-hydrogen) atoms. The first-order valence-corrected chi connectivity index (χ1v) is 6.41. The van der Waals surface area contributed by atoms with Crippen LogP contribution >= 0.6 is 12.4 Å². The first-order valence-electron chi connectivity index (χ1n) is 6.41. The lowest BCUT2D eigenvalue weighted by Crippen LogP contribution is -2.46. The van der Waals surface area contributed by atoms with Gasteiger partial charge in [0.05, 0.1) is 13.5 Å². The molecule has 1 aromatic carbocycles. The molecule has 2 rings (SSSR count). The second-order valence-electron chi connectivity index (χ2n) is 4.64. The normalized spacial score (nSPS) is 18.3. The molecule has 1 aliphatic rings. The molecule has 1 heterocycles. The summed E-state index contributed by atoms with van der Waals surface area (Å²) in [6.45, 7) is 1.94. The quantitative estimate of drug-likeness (QED) is 0.882. The molecule has 0 spiro atoms. The number of carbonyl (C=O) groups is 1. The van der Waals surface area contributed by atoms with Crippen LogP contribution < -0.4 is 15.4 Å². The van der Waals surface area contributed by atoms with E-state index in [0.717, 1.165) is 37.2 Å². The maximum Gasteiger partial charge on any atom is 0.224 e. The number of hydrogen-bond donors (Lipinski definition) is 2. The molecule has 5 heteroatoms. The van der Waals surface area contributed by atoms with Crippen molar-refractivity contribution < 1.29 is 9.53 Å². The number of ether oxygens (including phenoxy) is 1. The number of halogens is 1. The first kappa shape index (κ1) is 15.8. The molecule has 106 valence electrons. The summed E-state index contributed by atoms with van der Waals surface area (Å²) < 4.78 is 5.09. The van der Waals surface area contributed by atoms with Crippen molar-refractivity contribution in [2.45, 2.75) is 25.3 Å². The second kappa shape index (κ2) is 8.02. The molecule has 0 aliphatic carbocycles. The van der Waals surface area contributed by atoms with Gasteiger partial charge in [-0.25, -0.2) is 0 Å². The predicted octanol–water partition coefficient (Wildman–Crippen LogP) is 1.53. The molecule has 4 nitrogen and oxygen atoms in total. The largest absolute Gasteiger partial charge is 0.497 e. The summed E-state index contributed by atoms with van der Waals surface area (Å²) in [5.41, 5.74) is 1.01. The summed E-state index contributed by atoms with van der Waals surface area (Å²) >= 11 is 0. The fraction of sp³-hybridized carbons (Fsp3) is 0.500. The Kier molecular flexibility index (Phi) is 6.67. The number of rotatable bonds is 4. The van der Waals surface area contributed by atoms with Gasteiger partial charge in [-0.15, -0.1) is 12.4 Å². The summed E-state index contributed by atoms with van der Waals surface area (Å²) in [5.74, 6) is 0.907. The van der Waals surface area contributed by atoms with Crippen LogP contribution in [0.2, 0.25) is 0 Å². The number of amides is 1. The van der Waals surface area contributed by atoms with Gasteiger partial charge in [0.1, 0.15) is 5.75 Å². The molecule has 1 atom stereocenters. The molecule has 1 aliphatic heterocycles. The predicted molar refractivity (Wildman–Crippen MR) is 78.0 cm³/mol. The smallest absolute Gasteiger partial charge is 0.224 e. The second-order valence-corrected chi connectivity index (χ2v) is 4.64. The maximum absolute atomic E-state index is 11.9. The Morgan fingerprint density at radius 3 is 2.74 bits per heavy atom. The topological polar surface area (TPSA) is 50.4 Å². The average molecular weight is 285 g/mol. The molecule has 0 unspecified atom stereocenters. The van der Waals surface area contributed by atoms with Crippen molar-refractivity contribution in [2.24, 2.45) is 0 Å². The minimum absolute atomic E-state index is 0. The Balaban J connectivity index is 0.00000180. The van der Waals surface area contributed by atoms with E-state index in [9.17, 15) is 4.79 Å². The van der Waals surface area contributed by atoms with Gasteiger partial charge >= 0.3 is 0 Å². The molecule has 1 aromatic rings. The van der Waals surface area contributed by atoms with Crippen LogP contribution in [0.4, 0.5) is 0 Å². The Morgan fingerprint density at radius 2 is 2.16 bits per heavy atom. The minimum Gasteiger partial charge on any atom is -0.497 e. The van der Waals surface area contributed by atoms with Crippen molar-refractivity contribution >= 4 is 18.3 Å². The van der Waals surface area contributed by atoms with Gasteiger partial charge in [-0.3, -0.25) is 4.79 Å². The van der Waals surface area contributed by atoms with Crippen molar-refractivity contribution in [3.8, 4) is 5.75 Å². The molecular formula is C14H21ClN2O2. The number of methoxy groups -OCH3 is 1. The molecule has 0 aromatic heterocycles. The highest BCUT2D eigenvalue weighted by molar-refractivity contribution is 5.85. The van der Waals surface area contributed by atoms with E-state index in [2.05, 4.69) is 10.6 Å². The first-order chi connectivity index (χ1) is 8.78. The Morgan fingerprint density at radius 1 is 1.42 bits per heavy atom. The number of nitrogens with one attached hydrogen (secondary N) is 2.